The maximum absolute atomic E-state index is 11.7. The van der Waals surface area contributed by atoms with Gasteiger partial charge in [0.15, 0.2) is 0 Å². The van der Waals surface area contributed by atoms with Crippen molar-refractivity contribution in [2.75, 3.05) is 6.61 Å². The Hall–Kier alpha value is -1.43. The van der Waals surface area contributed by atoms with Crippen LogP contribution in [0, 0.1) is 17.0 Å². The molecule has 0 unspecified atom stereocenters. The zero-order chi connectivity index (χ0) is 13.0. The van der Waals surface area contributed by atoms with Crippen LogP contribution >= 0.6 is 15.9 Å². The van der Waals surface area contributed by atoms with Gasteiger partial charge in [-0.15, -0.1) is 0 Å². The number of halogens is 1. The SMILES string of the molecule is CCCOC(=O)c1cc([N+](=O)[O-])c(Br)cc1C. The van der Waals surface area contributed by atoms with E-state index in [1.54, 1.807) is 13.0 Å². The molecular formula is C11H12BrNO4. The van der Waals surface area contributed by atoms with E-state index < -0.39 is 10.9 Å². The van der Waals surface area contributed by atoms with Gasteiger partial charge in [-0.05, 0) is 40.9 Å². The highest BCUT2D eigenvalue weighted by Crippen LogP contribution is 2.28. The second-order valence-corrected chi connectivity index (χ2v) is 4.37. The summed E-state index contributed by atoms with van der Waals surface area (Å²) in [6, 6.07) is 2.78. The molecule has 5 nitrogen and oxygen atoms in total. The fourth-order valence-electron chi connectivity index (χ4n) is 1.29. The lowest BCUT2D eigenvalue weighted by molar-refractivity contribution is -0.385. The molecule has 0 aliphatic rings. The molecule has 17 heavy (non-hydrogen) atoms. The molecule has 0 N–H and O–H groups in total. The predicted octanol–water partition coefficient (Wildman–Crippen LogP) is 3.23. The predicted molar refractivity (Wildman–Crippen MR) is 66.1 cm³/mol. The molecule has 0 spiro atoms. The largest absolute Gasteiger partial charge is 0.462 e. The summed E-state index contributed by atoms with van der Waals surface area (Å²) in [5, 5.41) is 10.7. The van der Waals surface area contributed by atoms with E-state index in [1.807, 2.05) is 6.92 Å². The van der Waals surface area contributed by atoms with E-state index in [0.29, 0.717) is 23.1 Å². The monoisotopic (exact) mass is 301 g/mol. The minimum absolute atomic E-state index is 0.140. The normalized spacial score (nSPS) is 10.1. The van der Waals surface area contributed by atoms with E-state index in [4.69, 9.17) is 4.74 Å². The molecule has 1 aromatic carbocycles. The van der Waals surface area contributed by atoms with Crippen molar-refractivity contribution in [2.45, 2.75) is 20.3 Å². The molecule has 0 fully saturated rings. The average Bonchev–Trinajstić information content (AvgIpc) is 2.25. The fraction of sp³-hybridized carbons (Fsp3) is 0.364. The first-order chi connectivity index (χ1) is 7.97. The first-order valence-electron chi connectivity index (χ1n) is 5.09. The van der Waals surface area contributed by atoms with Gasteiger partial charge in [0.1, 0.15) is 0 Å². The molecule has 0 saturated heterocycles. The Morgan fingerprint density at radius 1 is 1.53 bits per heavy atom. The lowest BCUT2D eigenvalue weighted by Crippen LogP contribution is -2.08. The number of nitro benzene ring substituents is 1. The number of rotatable bonds is 4. The zero-order valence-electron chi connectivity index (χ0n) is 9.53. The van der Waals surface area contributed by atoms with E-state index >= 15 is 0 Å². The molecule has 1 rings (SSSR count). The molecule has 0 bridgehead atoms. The molecule has 0 aliphatic heterocycles. The highest BCUT2D eigenvalue weighted by Gasteiger charge is 2.19. The number of benzene rings is 1. The van der Waals surface area contributed by atoms with E-state index in [2.05, 4.69) is 15.9 Å². The van der Waals surface area contributed by atoms with Crippen molar-refractivity contribution >= 4 is 27.6 Å². The van der Waals surface area contributed by atoms with Crippen LogP contribution in [-0.4, -0.2) is 17.5 Å². The number of nitro groups is 1. The van der Waals surface area contributed by atoms with Crippen molar-refractivity contribution in [1.29, 1.82) is 0 Å². The second-order valence-electron chi connectivity index (χ2n) is 3.51. The lowest BCUT2D eigenvalue weighted by atomic mass is 10.1. The topological polar surface area (TPSA) is 69.4 Å². The lowest BCUT2D eigenvalue weighted by Gasteiger charge is -2.07. The van der Waals surface area contributed by atoms with Gasteiger partial charge in [-0.3, -0.25) is 10.1 Å². The van der Waals surface area contributed by atoms with Gasteiger partial charge in [0, 0.05) is 6.07 Å². The zero-order valence-corrected chi connectivity index (χ0v) is 11.1. The molecule has 1 aromatic rings. The van der Waals surface area contributed by atoms with Crippen molar-refractivity contribution < 1.29 is 14.5 Å². The summed E-state index contributed by atoms with van der Waals surface area (Å²) in [4.78, 5) is 21.9. The molecule has 0 aliphatic carbocycles. The highest BCUT2D eigenvalue weighted by molar-refractivity contribution is 9.10. The number of ether oxygens (including phenoxy) is 1. The molecule has 92 valence electrons. The van der Waals surface area contributed by atoms with Gasteiger partial charge in [0.2, 0.25) is 0 Å². The summed E-state index contributed by atoms with van der Waals surface area (Å²) in [7, 11) is 0. The van der Waals surface area contributed by atoms with Crippen molar-refractivity contribution in [3.63, 3.8) is 0 Å². The van der Waals surface area contributed by atoms with Crippen LogP contribution in [0.2, 0.25) is 0 Å². The molecular weight excluding hydrogens is 290 g/mol. The molecule has 0 atom stereocenters. The number of hydrogen-bond donors (Lipinski definition) is 0. The molecule has 0 radical (unpaired) electrons. The number of nitrogens with zero attached hydrogens (tertiary/aromatic N) is 1. The summed E-state index contributed by atoms with van der Waals surface area (Å²) >= 11 is 3.09. The summed E-state index contributed by atoms with van der Waals surface area (Å²) < 4.78 is 5.31. The summed E-state index contributed by atoms with van der Waals surface area (Å²) in [6.07, 6.45) is 0.712. The summed E-state index contributed by atoms with van der Waals surface area (Å²) in [5.74, 6) is -0.528. The molecule has 6 heteroatoms. The fourth-order valence-corrected chi connectivity index (χ4v) is 1.90. The van der Waals surface area contributed by atoms with Gasteiger partial charge in [0.05, 0.1) is 21.6 Å². The molecule has 0 amide bonds. The maximum Gasteiger partial charge on any atom is 0.338 e. The molecule has 0 saturated carbocycles. The average molecular weight is 302 g/mol. The quantitative estimate of drug-likeness (QED) is 0.486. The Labute approximate surface area is 107 Å². The van der Waals surface area contributed by atoms with Gasteiger partial charge >= 0.3 is 5.97 Å². The van der Waals surface area contributed by atoms with Gasteiger partial charge in [-0.1, -0.05) is 6.92 Å². The Kier molecular flexibility index (Phi) is 4.62. The van der Waals surface area contributed by atoms with Crippen molar-refractivity contribution in [3.8, 4) is 0 Å². The van der Waals surface area contributed by atoms with Crippen LogP contribution in [0.25, 0.3) is 0 Å². The highest BCUT2D eigenvalue weighted by atomic mass is 79.9. The van der Waals surface area contributed by atoms with Gasteiger partial charge in [-0.25, -0.2) is 4.79 Å². The first-order valence-corrected chi connectivity index (χ1v) is 5.88. The Morgan fingerprint density at radius 2 is 2.18 bits per heavy atom. The Morgan fingerprint density at radius 3 is 2.71 bits per heavy atom. The van der Waals surface area contributed by atoms with E-state index in [9.17, 15) is 14.9 Å². The minimum Gasteiger partial charge on any atom is -0.462 e. The second kappa shape index (κ2) is 5.77. The maximum atomic E-state index is 11.7. The van der Waals surface area contributed by atoms with Crippen LogP contribution in [0.5, 0.6) is 0 Å². The number of hydrogen-bond acceptors (Lipinski definition) is 4. The van der Waals surface area contributed by atoms with E-state index in [0.717, 1.165) is 0 Å². The van der Waals surface area contributed by atoms with Crippen LogP contribution < -0.4 is 0 Å². The van der Waals surface area contributed by atoms with E-state index in [-0.39, 0.29) is 11.3 Å². The van der Waals surface area contributed by atoms with Crippen molar-refractivity contribution in [3.05, 3.63) is 37.8 Å². The minimum atomic E-state index is -0.542. The Balaban J connectivity index is 3.11. The third-order valence-corrected chi connectivity index (χ3v) is 2.78. The standard InChI is InChI=1S/C11H12BrNO4/c1-3-4-17-11(14)8-6-10(13(15)16)9(12)5-7(8)2/h5-6H,3-4H2,1-2H3. The third kappa shape index (κ3) is 3.26. The Bertz CT molecular complexity index is 459. The summed E-state index contributed by atoms with van der Waals surface area (Å²) in [6.45, 7) is 3.89. The number of carbonyl (C=O) groups is 1. The smallest absolute Gasteiger partial charge is 0.338 e. The van der Waals surface area contributed by atoms with Gasteiger partial charge < -0.3 is 4.74 Å². The number of aryl methyl sites for hydroxylation is 1. The van der Waals surface area contributed by atoms with Crippen molar-refractivity contribution in [1.82, 2.24) is 0 Å². The first kappa shape index (κ1) is 13.6. The van der Waals surface area contributed by atoms with Crippen LogP contribution in [0.4, 0.5) is 5.69 Å². The van der Waals surface area contributed by atoms with E-state index in [1.165, 1.54) is 6.07 Å². The van der Waals surface area contributed by atoms with Crippen LogP contribution in [0.15, 0.2) is 16.6 Å². The molecule has 0 heterocycles. The van der Waals surface area contributed by atoms with Gasteiger partial charge in [0.25, 0.3) is 5.69 Å². The van der Waals surface area contributed by atoms with Gasteiger partial charge in [-0.2, -0.15) is 0 Å². The van der Waals surface area contributed by atoms with Crippen molar-refractivity contribution in [2.24, 2.45) is 0 Å². The third-order valence-electron chi connectivity index (χ3n) is 2.15. The number of esters is 1. The van der Waals surface area contributed by atoms with Crippen LogP contribution in [0.3, 0.4) is 0 Å². The molecule has 0 aromatic heterocycles. The van der Waals surface area contributed by atoms with Crippen LogP contribution in [0.1, 0.15) is 29.3 Å². The summed E-state index contributed by atoms with van der Waals surface area (Å²) in [5.41, 5.74) is 0.732. The number of carbonyl (C=O) groups excluding carboxylic acids is 1. The van der Waals surface area contributed by atoms with Crippen LogP contribution in [-0.2, 0) is 4.74 Å².